The van der Waals surface area contributed by atoms with Gasteiger partial charge in [-0.05, 0) is 30.0 Å². The first-order valence-electron chi connectivity index (χ1n) is 5.90. The van der Waals surface area contributed by atoms with E-state index in [9.17, 15) is 8.78 Å². The molecule has 1 nitrogen and oxygen atoms in total. The van der Waals surface area contributed by atoms with Gasteiger partial charge in [0.05, 0.1) is 5.54 Å². The molecule has 3 heteroatoms. The minimum absolute atomic E-state index is 0.389. The summed E-state index contributed by atoms with van der Waals surface area (Å²) in [6.45, 7) is 0. The zero-order chi connectivity index (χ0) is 12.8. The van der Waals surface area contributed by atoms with Crippen molar-refractivity contribution in [2.24, 2.45) is 5.73 Å². The molecule has 0 heterocycles. The Hall–Kier alpha value is -1.74. The molecule has 1 aliphatic rings. The fourth-order valence-corrected chi connectivity index (χ4v) is 2.73. The summed E-state index contributed by atoms with van der Waals surface area (Å²) in [6, 6.07) is 11.5. The normalized spacial score (nSPS) is 16.6. The number of fused-ring (bicyclic) bond motifs is 1. The van der Waals surface area contributed by atoms with Gasteiger partial charge in [-0.1, -0.05) is 30.3 Å². The van der Waals surface area contributed by atoms with Crippen LogP contribution in [-0.2, 0) is 18.4 Å². The molecule has 0 radical (unpaired) electrons. The van der Waals surface area contributed by atoms with Crippen LogP contribution >= 0.6 is 0 Å². The lowest BCUT2D eigenvalue weighted by atomic mass is 9.87. The average Bonchev–Trinajstić information content (AvgIpc) is 2.65. The molecule has 0 fully saturated rings. The molecule has 0 amide bonds. The van der Waals surface area contributed by atoms with Crippen molar-refractivity contribution in [2.45, 2.75) is 18.4 Å². The Labute approximate surface area is 104 Å². The van der Waals surface area contributed by atoms with E-state index in [0.29, 0.717) is 18.4 Å². The average molecular weight is 245 g/mol. The molecular formula is C15H13F2N. The first-order chi connectivity index (χ1) is 8.58. The zero-order valence-corrected chi connectivity index (χ0v) is 9.79. The third-order valence-electron chi connectivity index (χ3n) is 3.60. The van der Waals surface area contributed by atoms with E-state index in [1.54, 1.807) is 0 Å². The molecule has 3 rings (SSSR count). The summed E-state index contributed by atoms with van der Waals surface area (Å²) in [5, 5.41) is 0. The summed E-state index contributed by atoms with van der Waals surface area (Å²) in [5.41, 5.74) is 8.23. The molecule has 92 valence electrons. The van der Waals surface area contributed by atoms with Crippen LogP contribution in [0.1, 0.15) is 16.7 Å². The summed E-state index contributed by atoms with van der Waals surface area (Å²) >= 11 is 0. The summed E-state index contributed by atoms with van der Waals surface area (Å²) in [5.74, 6) is -1.14. The highest BCUT2D eigenvalue weighted by Crippen LogP contribution is 2.36. The highest BCUT2D eigenvalue weighted by molar-refractivity contribution is 5.41. The van der Waals surface area contributed by atoms with Gasteiger partial charge < -0.3 is 5.73 Å². The molecule has 0 saturated carbocycles. The second-order valence-electron chi connectivity index (χ2n) is 4.90. The highest BCUT2D eigenvalue weighted by Gasteiger charge is 2.36. The molecular weight excluding hydrogens is 232 g/mol. The summed E-state index contributed by atoms with van der Waals surface area (Å²) in [6.07, 6.45) is 1.18. The fraction of sp³-hybridized carbons (Fsp3) is 0.200. The van der Waals surface area contributed by atoms with E-state index < -0.39 is 17.2 Å². The van der Waals surface area contributed by atoms with Gasteiger partial charge in [0, 0.05) is 11.6 Å². The molecule has 0 bridgehead atoms. The van der Waals surface area contributed by atoms with Crippen molar-refractivity contribution >= 4 is 0 Å². The van der Waals surface area contributed by atoms with Crippen molar-refractivity contribution in [2.75, 3.05) is 0 Å². The van der Waals surface area contributed by atoms with Crippen LogP contribution in [0.25, 0.3) is 0 Å². The number of hydrogen-bond donors (Lipinski definition) is 1. The van der Waals surface area contributed by atoms with Gasteiger partial charge in [-0.3, -0.25) is 0 Å². The lowest BCUT2D eigenvalue weighted by Gasteiger charge is -2.24. The highest BCUT2D eigenvalue weighted by atomic mass is 19.1. The second kappa shape index (κ2) is 3.89. The van der Waals surface area contributed by atoms with Gasteiger partial charge in [-0.25, -0.2) is 8.78 Å². The fourth-order valence-electron chi connectivity index (χ4n) is 2.73. The van der Waals surface area contributed by atoms with Crippen molar-refractivity contribution in [1.29, 1.82) is 0 Å². The van der Waals surface area contributed by atoms with E-state index in [1.807, 2.05) is 24.3 Å². The number of benzene rings is 2. The molecule has 2 aromatic carbocycles. The van der Waals surface area contributed by atoms with E-state index in [4.69, 9.17) is 5.73 Å². The largest absolute Gasteiger partial charge is 0.321 e. The van der Waals surface area contributed by atoms with E-state index in [-0.39, 0.29) is 0 Å². The first kappa shape index (κ1) is 11.4. The van der Waals surface area contributed by atoms with Crippen molar-refractivity contribution in [1.82, 2.24) is 0 Å². The Kier molecular flexibility index (Phi) is 2.45. The van der Waals surface area contributed by atoms with E-state index in [1.165, 1.54) is 12.1 Å². The van der Waals surface area contributed by atoms with Crippen LogP contribution in [0.15, 0.2) is 42.5 Å². The molecule has 1 aliphatic carbocycles. The van der Waals surface area contributed by atoms with Crippen LogP contribution in [0.3, 0.4) is 0 Å². The molecule has 0 saturated heterocycles. The van der Waals surface area contributed by atoms with Crippen molar-refractivity contribution < 1.29 is 8.78 Å². The maximum Gasteiger partial charge on any atom is 0.131 e. The van der Waals surface area contributed by atoms with Crippen LogP contribution in [-0.4, -0.2) is 0 Å². The van der Waals surface area contributed by atoms with Gasteiger partial charge in [0.2, 0.25) is 0 Å². The summed E-state index contributed by atoms with van der Waals surface area (Å²) in [7, 11) is 0. The minimum atomic E-state index is -0.762. The van der Waals surface area contributed by atoms with E-state index in [0.717, 1.165) is 17.2 Å². The van der Waals surface area contributed by atoms with Gasteiger partial charge in [0.25, 0.3) is 0 Å². The van der Waals surface area contributed by atoms with Crippen LogP contribution in [0.2, 0.25) is 0 Å². The lowest BCUT2D eigenvalue weighted by molar-refractivity contribution is 0.438. The van der Waals surface area contributed by atoms with Gasteiger partial charge in [-0.2, -0.15) is 0 Å². The van der Waals surface area contributed by atoms with Crippen LogP contribution in [0.4, 0.5) is 8.78 Å². The third-order valence-corrected chi connectivity index (χ3v) is 3.60. The summed E-state index contributed by atoms with van der Waals surface area (Å²) < 4.78 is 26.8. The van der Waals surface area contributed by atoms with Gasteiger partial charge >= 0.3 is 0 Å². The van der Waals surface area contributed by atoms with Gasteiger partial charge in [0.1, 0.15) is 11.6 Å². The van der Waals surface area contributed by atoms with E-state index >= 15 is 0 Å². The molecule has 18 heavy (non-hydrogen) atoms. The Morgan fingerprint density at radius 1 is 0.944 bits per heavy atom. The van der Waals surface area contributed by atoms with E-state index in [2.05, 4.69) is 0 Å². The maximum atomic E-state index is 13.9. The monoisotopic (exact) mass is 245 g/mol. The lowest BCUT2D eigenvalue weighted by Crippen LogP contribution is -2.38. The Morgan fingerprint density at radius 2 is 1.56 bits per heavy atom. The van der Waals surface area contributed by atoms with Crippen LogP contribution in [0.5, 0.6) is 0 Å². The predicted octanol–water partition coefficient (Wildman–Crippen LogP) is 2.92. The smallest absolute Gasteiger partial charge is 0.131 e. The van der Waals surface area contributed by atoms with Crippen molar-refractivity contribution in [3.05, 3.63) is 70.8 Å². The molecule has 0 unspecified atom stereocenters. The molecule has 0 aliphatic heterocycles. The van der Waals surface area contributed by atoms with Gasteiger partial charge in [-0.15, -0.1) is 0 Å². The topological polar surface area (TPSA) is 26.0 Å². The van der Waals surface area contributed by atoms with Crippen molar-refractivity contribution in [3.63, 3.8) is 0 Å². The summed E-state index contributed by atoms with van der Waals surface area (Å²) in [4.78, 5) is 0. The second-order valence-corrected chi connectivity index (χ2v) is 4.90. The number of halogens is 2. The molecule has 0 atom stereocenters. The Balaban J connectivity index is 2.04. The van der Waals surface area contributed by atoms with Crippen molar-refractivity contribution in [3.8, 4) is 0 Å². The third kappa shape index (κ3) is 1.71. The number of nitrogens with two attached hydrogens (primary N) is 1. The standard InChI is InChI=1S/C15H13F2N/c16-12-5-6-13(14(17)7-12)15(18)8-10-3-1-2-4-11(10)9-15/h1-7H,8-9,18H2. The maximum absolute atomic E-state index is 13.9. The van der Waals surface area contributed by atoms with Crippen LogP contribution in [0, 0.1) is 11.6 Å². The van der Waals surface area contributed by atoms with Crippen LogP contribution < -0.4 is 5.73 Å². The predicted molar refractivity (Wildman–Crippen MR) is 66.1 cm³/mol. The minimum Gasteiger partial charge on any atom is -0.321 e. The molecule has 2 N–H and O–H groups in total. The molecule has 0 aromatic heterocycles. The SMILES string of the molecule is NC1(c2ccc(F)cc2F)Cc2ccccc2C1. The Bertz CT molecular complexity index is 582. The first-order valence-corrected chi connectivity index (χ1v) is 5.90. The van der Waals surface area contributed by atoms with Gasteiger partial charge in [0.15, 0.2) is 0 Å². The number of hydrogen-bond acceptors (Lipinski definition) is 1. The molecule has 0 spiro atoms. The quantitative estimate of drug-likeness (QED) is 0.821. The Morgan fingerprint density at radius 3 is 2.11 bits per heavy atom. The zero-order valence-electron chi connectivity index (χ0n) is 9.79. The molecule has 2 aromatic rings. The number of rotatable bonds is 1.